The van der Waals surface area contributed by atoms with E-state index in [0.717, 1.165) is 37.4 Å². The van der Waals surface area contributed by atoms with E-state index in [9.17, 15) is 0 Å². The lowest BCUT2D eigenvalue weighted by Crippen LogP contribution is -2.53. The third-order valence-corrected chi connectivity index (χ3v) is 5.35. The lowest BCUT2D eigenvalue weighted by molar-refractivity contribution is 0.00765. The molecule has 3 aliphatic rings. The smallest absolute Gasteiger partial charge is 0.0636 e. The maximum absolute atomic E-state index is 6.21. The molecule has 98 valence electrons. The Morgan fingerprint density at radius 2 is 2.12 bits per heavy atom. The summed E-state index contributed by atoms with van der Waals surface area (Å²) in [6.07, 6.45) is 6.97. The van der Waals surface area contributed by atoms with Crippen LogP contribution in [0.25, 0.3) is 0 Å². The minimum absolute atomic E-state index is 0.312. The van der Waals surface area contributed by atoms with E-state index in [1.165, 1.54) is 32.2 Å². The first-order chi connectivity index (χ1) is 8.24. The molecule has 0 radical (unpaired) electrons. The van der Waals surface area contributed by atoms with E-state index in [1.807, 2.05) is 0 Å². The summed E-state index contributed by atoms with van der Waals surface area (Å²) < 4.78 is 5.58. The van der Waals surface area contributed by atoms with Crippen LogP contribution in [-0.4, -0.2) is 43.8 Å². The highest BCUT2D eigenvalue weighted by Gasteiger charge is 2.40. The van der Waals surface area contributed by atoms with Crippen molar-refractivity contribution >= 4 is 0 Å². The van der Waals surface area contributed by atoms with E-state index in [-0.39, 0.29) is 0 Å². The van der Waals surface area contributed by atoms with Crippen LogP contribution in [0.4, 0.5) is 0 Å². The quantitative estimate of drug-likeness (QED) is 0.809. The number of likely N-dealkylation sites (N-methyl/N-ethyl adjacent to an activating group) is 1. The third kappa shape index (κ3) is 2.38. The highest BCUT2D eigenvalue weighted by Crippen LogP contribution is 2.48. The molecule has 2 saturated carbocycles. The molecule has 0 amide bonds. The van der Waals surface area contributed by atoms with Crippen LogP contribution in [-0.2, 0) is 4.74 Å². The van der Waals surface area contributed by atoms with Crippen LogP contribution in [0.3, 0.4) is 0 Å². The summed E-state index contributed by atoms with van der Waals surface area (Å²) in [5, 5.41) is 0. The molecule has 5 atom stereocenters. The summed E-state index contributed by atoms with van der Waals surface area (Å²) in [4.78, 5) is 2.48. The molecule has 2 N–H and O–H groups in total. The molecule has 0 aromatic rings. The molecule has 2 aliphatic carbocycles. The number of nitrogens with two attached hydrogens (primary N) is 1. The molecule has 5 unspecified atom stereocenters. The molecule has 0 aromatic carbocycles. The molecule has 3 heteroatoms. The predicted molar refractivity (Wildman–Crippen MR) is 68.8 cm³/mol. The molecular weight excluding hydrogens is 212 g/mol. The van der Waals surface area contributed by atoms with E-state index in [1.54, 1.807) is 0 Å². The minimum atomic E-state index is 0.312. The molecule has 17 heavy (non-hydrogen) atoms. The summed E-state index contributed by atoms with van der Waals surface area (Å²) in [5.41, 5.74) is 6.21. The van der Waals surface area contributed by atoms with Crippen molar-refractivity contribution in [2.75, 3.05) is 26.8 Å². The lowest BCUT2D eigenvalue weighted by Gasteiger charge is -2.38. The SMILES string of the molecule is CN(CC1CC2CCC1C2)C1COCCC1N. The van der Waals surface area contributed by atoms with Crippen molar-refractivity contribution in [2.24, 2.45) is 23.5 Å². The zero-order valence-electron chi connectivity index (χ0n) is 11.0. The fourth-order valence-corrected chi connectivity index (χ4v) is 4.30. The Balaban J connectivity index is 1.54. The number of fused-ring (bicyclic) bond motifs is 2. The van der Waals surface area contributed by atoms with Crippen LogP contribution in [0.1, 0.15) is 32.1 Å². The van der Waals surface area contributed by atoms with Crippen LogP contribution in [0.15, 0.2) is 0 Å². The highest BCUT2D eigenvalue weighted by atomic mass is 16.5. The number of ether oxygens (including phenoxy) is 1. The van der Waals surface area contributed by atoms with Gasteiger partial charge in [0.2, 0.25) is 0 Å². The number of rotatable bonds is 3. The summed E-state index contributed by atoms with van der Waals surface area (Å²) in [6.45, 7) is 2.92. The Labute approximate surface area is 105 Å². The Hall–Kier alpha value is -0.120. The largest absolute Gasteiger partial charge is 0.380 e. The summed E-state index contributed by atoms with van der Waals surface area (Å²) in [5.74, 6) is 3.01. The van der Waals surface area contributed by atoms with Gasteiger partial charge in [0.25, 0.3) is 0 Å². The Morgan fingerprint density at radius 3 is 2.76 bits per heavy atom. The van der Waals surface area contributed by atoms with Gasteiger partial charge in [-0.3, -0.25) is 4.90 Å². The van der Waals surface area contributed by atoms with E-state index >= 15 is 0 Å². The van der Waals surface area contributed by atoms with Gasteiger partial charge in [0, 0.05) is 25.2 Å². The molecule has 1 saturated heterocycles. The molecule has 0 aromatic heterocycles. The van der Waals surface area contributed by atoms with E-state index < -0.39 is 0 Å². The molecule has 0 spiro atoms. The van der Waals surface area contributed by atoms with Crippen LogP contribution >= 0.6 is 0 Å². The molecule has 1 aliphatic heterocycles. The first-order valence-electron chi connectivity index (χ1n) is 7.27. The van der Waals surface area contributed by atoms with Gasteiger partial charge in [-0.05, 0) is 50.5 Å². The average Bonchev–Trinajstić information content (AvgIpc) is 2.91. The summed E-state index contributed by atoms with van der Waals surface area (Å²) in [7, 11) is 2.24. The molecular formula is C14H26N2O. The van der Waals surface area contributed by atoms with Crippen molar-refractivity contribution < 1.29 is 4.74 Å². The van der Waals surface area contributed by atoms with Crippen molar-refractivity contribution in [1.82, 2.24) is 4.90 Å². The number of hydrogen-bond acceptors (Lipinski definition) is 3. The lowest BCUT2D eigenvalue weighted by atomic mass is 9.88. The fourth-order valence-electron chi connectivity index (χ4n) is 4.30. The molecule has 3 fully saturated rings. The van der Waals surface area contributed by atoms with Crippen molar-refractivity contribution in [3.63, 3.8) is 0 Å². The monoisotopic (exact) mass is 238 g/mol. The second-order valence-corrected chi connectivity index (χ2v) is 6.47. The van der Waals surface area contributed by atoms with Gasteiger partial charge in [-0.15, -0.1) is 0 Å². The van der Waals surface area contributed by atoms with E-state index in [4.69, 9.17) is 10.5 Å². The average molecular weight is 238 g/mol. The molecule has 1 heterocycles. The third-order valence-electron chi connectivity index (χ3n) is 5.35. The van der Waals surface area contributed by atoms with Crippen molar-refractivity contribution in [1.29, 1.82) is 0 Å². The summed E-state index contributed by atoms with van der Waals surface area (Å²) >= 11 is 0. The molecule has 3 rings (SSSR count). The number of hydrogen-bond donors (Lipinski definition) is 1. The Kier molecular flexibility index (Phi) is 3.42. The van der Waals surface area contributed by atoms with Crippen molar-refractivity contribution in [3.8, 4) is 0 Å². The zero-order chi connectivity index (χ0) is 11.8. The van der Waals surface area contributed by atoms with Gasteiger partial charge >= 0.3 is 0 Å². The second kappa shape index (κ2) is 4.87. The van der Waals surface area contributed by atoms with Gasteiger partial charge in [-0.25, -0.2) is 0 Å². The summed E-state index contributed by atoms with van der Waals surface area (Å²) in [6, 6.07) is 0.759. The standard InChI is InChI=1S/C14H26N2O/c1-16(14-9-17-5-4-13(14)15)8-12-7-10-2-3-11(12)6-10/h10-14H,2-9,15H2,1H3. The fraction of sp³-hybridized carbons (Fsp3) is 1.00. The maximum atomic E-state index is 6.21. The van der Waals surface area contributed by atoms with Crippen LogP contribution in [0.2, 0.25) is 0 Å². The molecule has 2 bridgehead atoms. The zero-order valence-corrected chi connectivity index (χ0v) is 11.0. The maximum Gasteiger partial charge on any atom is 0.0636 e. The predicted octanol–water partition coefficient (Wildman–Crippen LogP) is 1.47. The molecule has 3 nitrogen and oxygen atoms in total. The normalized spacial score (nSPS) is 45.7. The van der Waals surface area contributed by atoms with Gasteiger partial charge in [0.15, 0.2) is 0 Å². The van der Waals surface area contributed by atoms with Gasteiger partial charge < -0.3 is 10.5 Å². The highest BCUT2D eigenvalue weighted by molar-refractivity contribution is 4.93. The topological polar surface area (TPSA) is 38.5 Å². The Morgan fingerprint density at radius 1 is 1.24 bits per heavy atom. The van der Waals surface area contributed by atoms with E-state index in [0.29, 0.717) is 12.1 Å². The minimum Gasteiger partial charge on any atom is -0.380 e. The Bertz CT molecular complexity index is 271. The second-order valence-electron chi connectivity index (χ2n) is 6.47. The van der Waals surface area contributed by atoms with Crippen LogP contribution in [0, 0.1) is 17.8 Å². The van der Waals surface area contributed by atoms with Crippen LogP contribution < -0.4 is 5.73 Å². The van der Waals surface area contributed by atoms with Crippen molar-refractivity contribution in [2.45, 2.75) is 44.2 Å². The van der Waals surface area contributed by atoms with Crippen molar-refractivity contribution in [3.05, 3.63) is 0 Å². The van der Waals surface area contributed by atoms with Gasteiger partial charge in [0.1, 0.15) is 0 Å². The first kappa shape index (κ1) is 11.9. The first-order valence-corrected chi connectivity index (χ1v) is 7.27. The van der Waals surface area contributed by atoms with Gasteiger partial charge in [0.05, 0.1) is 6.61 Å². The van der Waals surface area contributed by atoms with Gasteiger partial charge in [-0.1, -0.05) is 6.42 Å². The van der Waals surface area contributed by atoms with E-state index in [2.05, 4.69) is 11.9 Å². The number of nitrogens with zero attached hydrogens (tertiary/aromatic N) is 1. The van der Waals surface area contributed by atoms with Gasteiger partial charge in [-0.2, -0.15) is 0 Å². The van der Waals surface area contributed by atoms with Crippen LogP contribution in [0.5, 0.6) is 0 Å².